The molecule has 0 heterocycles. The van der Waals surface area contributed by atoms with Crippen LogP contribution in [-0.2, 0) is 0 Å². The Labute approximate surface area is 98.0 Å². The molecule has 0 bridgehead atoms. The molecule has 0 aliphatic rings. The Morgan fingerprint density at radius 1 is 1.25 bits per heavy atom. The van der Waals surface area contributed by atoms with Crippen LogP contribution in [0.15, 0.2) is 18.2 Å². The third-order valence-electron chi connectivity index (χ3n) is 2.63. The maximum Gasteiger partial charge on any atom is 0.123 e. The van der Waals surface area contributed by atoms with Crippen molar-refractivity contribution in [2.75, 3.05) is 17.7 Å². The summed E-state index contributed by atoms with van der Waals surface area (Å²) in [4.78, 5) is 0. The van der Waals surface area contributed by atoms with Crippen molar-refractivity contribution in [3.63, 3.8) is 0 Å². The lowest BCUT2D eigenvalue weighted by Gasteiger charge is -2.19. The smallest absolute Gasteiger partial charge is 0.123 e. The van der Waals surface area contributed by atoms with Gasteiger partial charge in [0.25, 0.3) is 0 Å². The lowest BCUT2D eigenvalue weighted by molar-refractivity contribution is 0.340. The third kappa shape index (κ3) is 3.65. The van der Waals surface area contributed by atoms with Crippen LogP contribution in [0.2, 0.25) is 0 Å². The van der Waals surface area contributed by atoms with E-state index in [0.717, 1.165) is 17.1 Å². The van der Waals surface area contributed by atoms with Crippen molar-refractivity contribution >= 4 is 11.4 Å². The fourth-order valence-corrected chi connectivity index (χ4v) is 1.38. The van der Waals surface area contributed by atoms with Crippen LogP contribution < -0.4 is 15.8 Å². The van der Waals surface area contributed by atoms with Crippen LogP contribution >= 0.6 is 0 Å². The third-order valence-corrected chi connectivity index (χ3v) is 2.63. The molecule has 0 fully saturated rings. The highest BCUT2D eigenvalue weighted by atomic mass is 16.5. The Hall–Kier alpha value is -1.38. The number of anilines is 2. The summed E-state index contributed by atoms with van der Waals surface area (Å²) in [5.41, 5.74) is 7.57. The molecular weight excluding hydrogens is 200 g/mol. The van der Waals surface area contributed by atoms with Gasteiger partial charge in [0.05, 0.1) is 6.61 Å². The lowest BCUT2D eigenvalue weighted by Crippen LogP contribution is -2.21. The molecule has 90 valence electrons. The van der Waals surface area contributed by atoms with Crippen molar-refractivity contribution < 1.29 is 4.74 Å². The highest BCUT2D eigenvalue weighted by molar-refractivity contribution is 5.59. The summed E-state index contributed by atoms with van der Waals surface area (Å²) in [6, 6.07) is 6.17. The van der Waals surface area contributed by atoms with Crippen molar-refractivity contribution in [1.29, 1.82) is 0 Å². The molecule has 16 heavy (non-hydrogen) atoms. The maximum absolute atomic E-state index is 5.82. The van der Waals surface area contributed by atoms with E-state index in [1.54, 1.807) is 0 Å². The predicted molar refractivity (Wildman–Crippen MR) is 69.9 cm³/mol. The van der Waals surface area contributed by atoms with Gasteiger partial charge in [-0.15, -0.1) is 0 Å². The average Bonchev–Trinajstić information content (AvgIpc) is 2.16. The summed E-state index contributed by atoms with van der Waals surface area (Å²) in [6.07, 6.45) is 0. The Morgan fingerprint density at radius 2 is 1.94 bits per heavy atom. The van der Waals surface area contributed by atoms with Crippen LogP contribution in [-0.4, -0.2) is 12.6 Å². The molecule has 1 rings (SSSR count). The number of nitrogens with one attached hydrogen (secondary N) is 1. The Kier molecular flexibility index (Phi) is 4.47. The standard InChI is InChI=1S/C13H22N2O/c1-5-16-13-7-11(14)6-12(8-13)15-10(4)9(2)3/h6-10,15H,5,14H2,1-4H3. The highest BCUT2D eigenvalue weighted by Gasteiger charge is 2.07. The molecule has 1 aromatic rings. The minimum absolute atomic E-state index is 0.413. The number of benzene rings is 1. The zero-order chi connectivity index (χ0) is 12.1. The number of nitrogens with two attached hydrogens (primary N) is 1. The first-order chi connectivity index (χ1) is 7.52. The molecule has 1 unspecified atom stereocenters. The molecule has 0 aromatic heterocycles. The van der Waals surface area contributed by atoms with Gasteiger partial charge < -0.3 is 15.8 Å². The van der Waals surface area contributed by atoms with E-state index in [-0.39, 0.29) is 0 Å². The van der Waals surface area contributed by atoms with Crippen LogP contribution in [0, 0.1) is 5.92 Å². The van der Waals surface area contributed by atoms with Crippen LogP contribution in [0.1, 0.15) is 27.7 Å². The largest absolute Gasteiger partial charge is 0.494 e. The van der Waals surface area contributed by atoms with E-state index in [1.807, 2.05) is 25.1 Å². The predicted octanol–water partition coefficient (Wildman–Crippen LogP) is 3.12. The Morgan fingerprint density at radius 3 is 2.50 bits per heavy atom. The molecule has 3 N–H and O–H groups in total. The minimum atomic E-state index is 0.413. The van der Waals surface area contributed by atoms with Crippen molar-refractivity contribution in [2.45, 2.75) is 33.7 Å². The first-order valence-electron chi connectivity index (χ1n) is 5.82. The summed E-state index contributed by atoms with van der Waals surface area (Å²) < 4.78 is 5.45. The summed E-state index contributed by atoms with van der Waals surface area (Å²) in [7, 11) is 0. The van der Waals surface area contributed by atoms with E-state index in [9.17, 15) is 0 Å². The van der Waals surface area contributed by atoms with Gasteiger partial charge in [0.1, 0.15) is 5.75 Å². The Bertz CT molecular complexity index is 337. The molecule has 1 atom stereocenters. The lowest BCUT2D eigenvalue weighted by atomic mass is 10.1. The second kappa shape index (κ2) is 5.64. The molecule has 0 radical (unpaired) electrons. The molecule has 3 heteroatoms. The number of hydrogen-bond donors (Lipinski definition) is 2. The Balaban J connectivity index is 2.79. The molecule has 0 aliphatic carbocycles. The van der Waals surface area contributed by atoms with Gasteiger partial charge in [0.15, 0.2) is 0 Å². The van der Waals surface area contributed by atoms with E-state index < -0.39 is 0 Å². The maximum atomic E-state index is 5.82. The SMILES string of the molecule is CCOc1cc(N)cc(NC(C)C(C)C)c1. The van der Waals surface area contributed by atoms with E-state index in [2.05, 4.69) is 26.1 Å². The number of nitrogen functional groups attached to an aromatic ring is 1. The molecule has 3 nitrogen and oxygen atoms in total. The van der Waals surface area contributed by atoms with Crippen LogP contribution in [0.25, 0.3) is 0 Å². The second-order valence-electron chi connectivity index (χ2n) is 4.40. The van der Waals surface area contributed by atoms with Gasteiger partial charge in [0, 0.05) is 29.5 Å². The van der Waals surface area contributed by atoms with Gasteiger partial charge in [-0.05, 0) is 25.8 Å². The van der Waals surface area contributed by atoms with Crippen LogP contribution in [0.5, 0.6) is 5.75 Å². The number of ether oxygens (including phenoxy) is 1. The topological polar surface area (TPSA) is 47.3 Å². The van der Waals surface area contributed by atoms with E-state index in [4.69, 9.17) is 10.5 Å². The van der Waals surface area contributed by atoms with Gasteiger partial charge in [-0.3, -0.25) is 0 Å². The fourth-order valence-electron chi connectivity index (χ4n) is 1.38. The molecule has 0 saturated carbocycles. The number of rotatable bonds is 5. The van der Waals surface area contributed by atoms with Crippen molar-refractivity contribution in [3.8, 4) is 5.75 Å². The first kappa shape index (κ1) is 12.7. The zero-order valence-corrected chi connectivity index (χ0v) is 10.6. The monoisotopic (exact) mass is 222 g/mol. The van der Waals surface area contributed by atoms with Gasteiger partial charge in [-0.2, -0.15) is 0 Å². The quantitative estimate of drug-likeness (QED) is 0.752. The van der Waals surface area contributed by atoms with Crippen molar-refractivity contribution in [3.05, 3.63) is 18.2 Å². The van der Waals surface area contributed by atoms with E-state index in [0.29, 0.717) is 18.6 Å². The first-order valence-corrected chi connectivity index (χ1v) is 5.82. The molecule has 0 aliphatic heterocycles. The summed E-state index contributed by atoms with van der Waals surface area (Å²) in [6.45, 7) is 9.16. The zero-order valence-electron chi connectivity index (χ0n) is 10.6. The van der Waals surface area contributed by atoms with E-state index >= 15 is 0 Å². The van der Waals surface area contributed by atoms with Crippen molar-refractivity contribution in [1.82, 2.24) is 0 Å². The van der Waals surface area contributed by atoms with Gasteiger partial charge in [0.2, 0.25) is 0 Å². The molecule has 0 spiro atoms. The van der Waals surface area contributed by atoms with Gasteiger partial charge in [-0.1, -0.05) is 13.8 Å². The average molecular weight is 222 g/mol. The fraction of sp³-hybridized carbons (Fsp3) is 0.538. The summed E-state index contributed by atoms with van der Waals surface area (Å²) >= 11 is 0. The second-order valence-corrected chi connectivity index (χ2v) is 4.40. The van der Waals surface area contributed by atoms with Crippen molar-refractivity contribution in [2.24, 2.45) is 5.92 Å². The van der Waals surface area contributed by atoms with Gasteiger partial charge in [-0.25, -0.2) is 0 Å². The summed E-state index contributed by atoms with van der Waals surface area (Å²) in [5.74, 6) is 1.40. The molecular formula is C13H22N2O. The molecule has 0 saturated heterocycles. The molecule has 1 aromatic carbocycles. The van der Waals surface area contributed by atoms with Crippen LogP contribution in [0.4, 0.5) is 11.4 Å². The minimum Gasteiger partial charge on any atom is -0.494 e. The normalized spacial score (nSPS) is 12.6. The summed E-state index contributed by atoms with van der Waals surface area (Å²) in [5, 5.41) is 3.42. The highest BCUT2D eigenvalue weighted by Crippen LogP contribution is 2.23. The van der Waals surface area contributed by atoms with Crippen LogP contribution in [0.3, 0.4) is 0 Å². The molecule has 0 amide bonds. The van der Waals surface area contributed by atoms with Gasteiger partial charge >= 0.3 is 0 Å². The van der Waals surface area contributed by atoms with E-state index in [1.165, 1.54) is 0 Å². The number of hydrogen-bond acceptors (Lipinski definition) is 3.